The van der Waals surface area contributed by atoms with Crippen LogP contribution < -0.4 is 0 Å². The summed E-state index contributed by atoms with van der Waals surface area (Å²) in [6.07, 6.45) is 3.15. The van der Waals surface area contributed by atoms with Gasteiger partial charge in [-0.1, -0.05) is 5.16 Å². The van der Waals surface area contributed by atoms with Gasteiger partial charge in [0.1, 0.15) is 10.6 Å². The fourth-order valence-corrected chi connectivity index (χ4v) is 5.50. The number of hydrogen-bond donors (Lipinski definition) is 0. The maximum absolute atomic E-state index is 12.9. The van der Waals surface area contributed by atoms with Gasteiger partial charge in [0.05, 0.1) is 0 Å². The molecule has 4 rings (SSSR count). The molecule has 9 nitrogen and oxygen atoms in total. The summed E-state index contributed by atoms with van der Waals surface area (Å²) in [5.74, 6) is 0.154. The fourth-order valence-electron chi connectivity index (χ4n) is 3.79. The SMILES string of the molecule is Cc1noc(C)c1S(=O)(=O)N1CCN(C(=O)c2cc3n(n2)CCCC3)CC1. The molecule has 2 aliphatic rings. The second-order valence-electron chi connectivity index (χ2n) is 7.05. The molecule has 0 aromatic carbocycles. The molecule has 2 aromatic heterocycles. The summed E-state index contributed by atoms with van der Waals surface area (Å²) >= 11 is 0. The van der Waals surface area contributed by atoms with Crippen LogP contribution in [0.25, 0.3) is 0 Å². The number of sulfonamides is 1. The van der Waals surface area contributed by atoms with Crippen LogP contribution >= 0.6 is 0 Å². The van der Waals surface area contributed by atoms with Gasteiger partial charge in [0, 0.05) is 38.4 Å². The molecule has 10 heteroatoms. The predicted octanol–water partition coefficient (Wildman–Crippen LogP) is 0.971. The first kappa shape index (κ1) is 18.2. The Morgan fingerprint density at radius 3 is 2.48 bits per heavy atom. The van der Waals surface area contributed by atoms with Crippen molar-refractivity contribution >= 4 is 15.9 Å². The smallest absolute Gasteiger partial charge is 0.274 e. The number of carbonyl (C=O) groups is 1. The highest BCUT2D eigenvalue weighted by Crippen LogP contribution is 2.24. The number of hydrogen-bond acceptors (Lipinski definition) is 6. The van der Waals surface area contributed by atoms with Crippen LogP contribution in [0.5, 0.6) is 0 Å². The van der Waals surface area contributed by atoms with E-state index in [-0.39, 0.29) is 29.7 Å². The molecule has 0 bridgehead atoms. The Morgan fingerprint density at radius 1 is 1.11 bits per heavy atom. The van der Waals surface area contributed by atoms with Gasteiger partial charge in [-0.2, -0.15) is 9.40 Å². The predicted molar refractivity (Wildman–Crippen MR) is 95.8 cm³/mol. The lowest BCUT2D eigenvalue weighted by Crippen LogP contribution is -2.50. The largest absolute Gasteiger partial charge is 0.360 e. The molecule has 1 saturated heterocycles. The molecule has 4 heterocycles. The highest BCUT2D eigenvalue weighted by molar-refractivity contribution is 7.89. The van der Waals surface area contributed by atoms with E-state index in [9.17, 15) is 13.2 Å². The number of piperazine rings is 1. The van der Waals surface area contributed by atoms with Crippen molar-refractivity contribution in [1.82, 2.24) is 24.1 Å². The second-order valence-corrected chi connectivity index (χ2v) is 8.93. The monoisotopic (exact) mass is 393 g/mol. The highest BCUT2D eigenvalue weighted by atomic mass is 32.2. The van der Waals surface area contributed by atoms with E-state index in [0.717, 1.165) is 31.5 Å². The van der Waals surface area contributed by atoms with E-state index in [2.05, 4.69) is 10.3 Å². The topological polar surface area (TPSA) is 102 Å². The zero-order chi connectivity index (χ0) is 19.2. The Hall–Kier alpha value is -2.20. The molecule has 2 aromatic rings. The van der Waals surface area contributed by atoms with Crippen molar-refractivity contribution in [3.63, 3.8) is 0 Å². The summed E-state index contributed by atoms with van der Waals surface area (Å²) in [6, 6.07) is 1.87. The van der Waals surface area contributed by atoms with Gasteiger partial charge in [-0.15, -0.1) is 0 Å². The van der Waals surface area contributed by atoms with Gasteiger partial charge in [0.25, 0.3) is 5.91 Å². The number of amides is 1. The zero-order valence-electron chi connectivity index (χ0n) is 15.5. The van der Waals surface area contributed by atoms with E-state index in [1.165, 1.54) is 4.31 Å². The quantitative estimate of drug-likeness (QED) is 0.770. The molecule has 1 fully saturated rings. The molecule has 0 unspecified atom stereocenters. The molecule has 0 atom stereocenters. The molecular weight excluding hydrogens is 370 g/mol. The van der Waals surface area contributed by atoms with E-state index in [1.54, 1.807) is 18.7 Å². The average molecular weight is 393 g/mol. The minimum Gasteiger partial charge on any atom is -0.360 e. The van der Waals surface area contributed by atoms with Crippen LogP contribution in [0.3, 0.4) is 0 Å². The average Bonchev–Trinajstić information content (AvgIpc) is 3.24. The van der Waals surface area contributed by atoms with Crippen molar-refractivity contribution in [1.29, 1.82) is 0 Å². The van der Waals surface area contributed by atoms with Gasteiger partial charge in [-0.05, 0) is 39.2 Å². The van der Waals surface area contributed by atoms with Gasteiger partial charge in [-0.25, -0.2) is 8.42 Å². The Labute approximate surface area is 158 Å². The van der Waals surface area contributed by atoms with E-state index in [1.807, 2.05) is 10.7 Å². The van der Waals surface area contributed by atoms with Crippen molar-refractivity contribution in [2.45, 2.75) is 44.6 Å². The van der Waals surface area contributed by atoms with E-state index < -0.39 is 10.0 Å². The summed E-state index contributed by atoms with van der Waals surface area (Å²) < 4.78 is 34.1. The van der Waals surface area contributed by atoms with Crippen LogP contribution in [-0.4, -0.2) is 64.6 Å². The van der Waals surface area contributed by atoms with Crippen molar-refractivity contribution < 1.29 is 17.7 Å². The molecule has 0 radical (unpaired) electrons. The number of nitrogens with zero attached hydrogens (tertiary/aromatic N) is 5. The summed E-state index contributed by atoms with van der Waals surface area (Å²) in [7, 11) is -3.68. The molecule has 1 amide bonds. The minimum absolute atomic E-state index is 0.129. The van der Waals surface area contributed by atoms with Crippen LogP contribution in [0, 0.1) is 13.8 Å². The Morgan fingerprint density at radius 2 is 1.85 bits per heavy atom. The van der Waals surface area contributed by atoms with Crippen LogP contribution in [0.4, 0.5) is 0 Å². The number of fused-ring (bicyclic) bond motifs is 1. The summed E-state index contributed by atoms with van der Waals surface area (Å²) in [5, 5.41) is 8.17. The standard InChI is InChI=1S/C17H23N5O4S/c1-12-16(13(2)26-19-12)27(24,25)21-9-7-20(8-10-21)17(23)15-11-14-5-3-4-6-22(14)18-15/h11H,3-10H2,1-2H3. The van der Waals surface area contributed by atoms with E-state index in [0.29, 0.717) is 24.5 Å². The van der Waals surface area contributed by atoms with Crippen LogP contribution in [0.2, 0.25) is 0 Å². The first-order valence-electron chi connectivity index (χ1n) is 9.17. The van der Waals surface area contributed by atoms with Crippen LogP contribution in [0.1, 0.15) is 40.5 Å². The van der Waals surface area contributed by atoms with Crippen molar-refractivity contribution in [2.75, 3.05) is 26.2 Å². The summed E-state index contributed by atoms with van der Waals surface area (Å²) in [4.78, 5) is 14.6. The molecular formula is C17H23N5O4S. The Kier molecular flexibility index (Phi) is 4.55. The lowest BCUT2D eigenvalue weighted by molar-refractivity contribution is 0.0691. The number of aromatic nitrogens is 3. The van der Waals surface area contributed by atoms with Crippen molar-refractivity contribution in [3.05, 3.63) is 28.9 Å². The third-order valence-electron chi connectivity index (χ3n) is 5.23. The molecule has 2 aliphatic heterocycles. The van der Waals surface area contributed by atoms with Gasteiger partial charge in [-0.3, -0.25) is 9.48 Å². The number of aryl methyl sites for hydroxylation is 4. The summed E-state index contributed by atoms with van der Waals surface area (Å²) in [6.45, 7) is 5.22. The van der Waals surface area contributed by atoms with Crippen LogP contribution in [0.15, 0.2) is 15.5 Å². The molecule has 146 valence electrons. The number of carbonyl (C=O) groups excluding carboxylic acids is 1. The second kappa shape index (κ2) is 6.75. The van der Waals surface area contributed by atoms with Gasteiger partial charge in [0.2, 0.25) is 10.0 Å². The number of rotatable bonds is 3. The zero-order valence-corrected chi connectivity index (χ0v) is 16.3. The first-order valence-corrected chi connectivity index (χ1v) is 10.6. The van der Waals surface area contributed by atoms with Crippen molar-refractivity contribution in [2.24, 2.45) is 0 Å². The van der Waals surface area contributed by atoms with Crippen molar-refractivity contribution in [3.8, 4) is 0 Å². The fraction of sp³-hybridized carbons (Fsp3) is 0.588. The first-order chi connectivity index (χ1) is 12.9. The maximum atomic E-state index is 12.9. The molecule has 27 heavy (non-hydrogen) atoms. The molecule has 0 aliphatic carbocycles. The van der Waals surface area contributed by atoms with Gasteiger partial charge >= 0.3 is 0 Å². The molecule has 0 saturated carbocycles. The van der Waals surface area contributed by atoms with Gasteiger partial charge < -0.3 is 9.42 Å². The van der Waals surface area contributed by atoms with E-state index in [4.69, 9.17) is 4.52 Å². The normalized spacial score (nSPS) is 18.5. The lowest BCUT2D eigenvalue weighted by Gasteiger charge is -2.33. The highest BCUT2D eigenvalue weighted by Gasteiger charge is 2.35. The maximum Gasteiger partial charge on any atom is 0.274 e. The van der Waals surface area contributed by atoms with Crippen LogP contribution in [-0.2, 0) is 23.0 Å². The van der Waals surface area contributed by atoms with E-state index >= 15 is 0 Å². The third-order valence-corrected chi connectivity index (χ3v) is 7.37. The van der Waals surface area contributed by atoms with Gasteiger partial charge in [0.15, 0.2) is 11.5 Å². The lowest BCUT2D eigenvalue weighted by atomic mass is 10.1. The molecule has 0 spiro atoms. The Balaban J connectivity index is 1.46. The molecule has 0 N–H and O–H groups in total. The third kappa shape index (κ3) is 3.16. The summed E-state index contributed by atoms with van der Waals surface area (Å²) in [5.41, 5.74) is 1.91. The Bertz CT molecular complexity index is 927. The minimum atomic E-state index is -3.68.